The number of hydrogen-bond acceptors (Lipinski definition) is 5. The molecule has 138 valence electrons. The summed E-state index contributed by atoms with van der Waals surface area (Å²) in [4.78, 5) is 4.48. The number of fused-ring (bicyclic) bond motifs is 3. The van der Waals surface area contributed by atoms with Crippen molar-refractivity contribution in [2.45, 2.75) is 20.4 Å². The lowest BCUT2D eigenvalue weighted by Gasteiger charge is -2.08. The number of aromatic nitrogens is 4. The number of nitrogens with two attached hydrogens (primary N) is 1. The molecule has 0 aliphatic heterocycles. The monoisotopic (exact) mass is 382 g/mol. The molecular weight excluding hydrogens is 364 g/mol. The van der Waals surface area contributed by atoms with Crippen LogP contribution in [-0.4, -0.2) is 28.0 Å². The zero-order valence-corrected chi connectivity index (χ0v) is 15.7. The zero-order chi connectivity index (χ0) is 19.2. The van der Waals surface area contributed by atoms with Crippen LogP contribution in [0.5, 0.6) is 0 Å². The van der Waals surface area contributed by atoms with Gasteiger partial charge in [0.1, 0.15) is 0 Å². The molecule has 2 aromatic heterocycles. The van der Waals surface area contributed by atoms with Gasteiger partial charge in [-0.15, -0.1) is 10.2 Å². The molecule has 0 aliphatic rings. The third kappa shape index (κ3) is 3.39. The molecule has 2 aromatic carbocycles. The van der Waals surface area contributed by atoms with Crippen LogP contribution in [0, 0.1) is 13.8 Å². The quantitative estimate of drug-likeness (QED) is 0.559. The van der Waals surface area contributed by atoms with Gasteiger partial charge >= 0.3 is 0 Å². The first kappa shape index (κ1) is 17.5. The van der Waals surface area contributed by atoms with E-state index in [1.54, 1.807) is 6.20 Å². The molecule has 0 amide bonds. The molecule has 4 rings (SSSR count). The first-order chi connectivity index (χ1) is 12.8. The van der Waals surface area contributed by atoms with Crippen LogP contribution in [0.1, 0.15) is 16.7 Å². The number of benzene rings is 2. The highest BCUT2D eigenvalue weighted by molar-refractivity contribution is 7.87. The first-order valence-corrected chi connectivity index (χ1v) is 9.84. The Morgan fingerprint density at radius 2 is 1.78 bits per heavy atom. The number of rotatable bonds is 4. The molecule has 0 aliphatic carbocycles. The second-order valence-corrected chi connectivity index (χ2v) is 7.84. The Hall–Kier alpha value is -2.88. The van der Waals surface area contributed by atoms with Crippen molar-refractivity contribution in [2.75, 3.05) is 0 Å². The molecule has 3 N–H and O–H groups in total. The van der Waals surface area contributed by atoms with Gasteiger partial charge in [-0.2, -0.15) is 13.1 Å². The van der Waals surface area contributed by atoms with E-state index in [9.17, 15) is 8.42 Å². The molecule has 0 bridgehead atoms. The average molecular weight is 382 g/mol. The summed E-state index contributed by atoms with van der Waals surface area (Å²) in [6.07, 6.45) is 1.71. The lowest BCUT2D eigenvalue weighted by atomic mass is 10.1. The van der Waals surface area contributed by atoms with E-state index in [0.717, 1.165) is 22.2 Å². The highest BCUT2D eigenvalue weighted by atomic mass is 32.2. The Labute approximate surface area is 156 Å². The summed E-state index contributed by atoms with van der Waals surface area (Å²) in [5, 5.41) is 13.5. The van der Waals surface area contributed by atoms with Crippen LogP contribution in [0.3, 0.4) is 0 Å². The molecule has 4 aromatic rings. The smallest absolute Gasteiger partial charge is 0.272 e. The molecule has 0 fully saturated rings. The van der Waals surface area contributed by atoms with Gasteiger partial charge in [0.15, 0.2) is 11.5 Å². The SMILES string of the molecule is Cc1cc2ncc3nnc(-c4ccc(CNS(N)(=O)=O)cc4)n3c2cc1C. The first-order valence-electron chi connectivity index (χ1n) is 8.29. The minimum Gasteiger partial charge on any atom is -0.272 e. The van der Waals surface area contributed by atoms with Gasteiger partial charge in [0.2, 0.25) is 0 Å². The Morgan fingerprint density at radius 3 is 2.48 bits per heavy atom. The van der Waals surface area contributed by atoms with Crippen molar-refractivity contribution in [3.8, 4) is 11.4 Å². The molecular formula is C18H18N6O2S. The summed E-state index contributed by atoms with van der Waals surface area (Å²) in [6.45, 7) is 4.25. The fourth-order valence-electron chi connectivity index (χ4n) is 2.96. The van der Waals surface area contributed by atoms with Crippen LogP contribution in [0.15, 0.2) is 42.6 Å². The summed E-state index contributed by atoms with van der Waals surface area (Å²) in [7, 11) is -3.72. The van der Waals surface area contributed by atoms with Crippen molar-refractivity contribution in [1.82, 2.24) is 24.3 Å². The maximum absolute atomic E-state index is 11.0. The normalized spacial score (nSPS) is 12.1. The standard InChI is InChI=1S/C18H18N6O2S/c1-11-7-15-16(8-12(11)2)24-17(10-20-15)22-23-18(24)14-5-3-13(4-6-14)9-21-27(19,25)26/h3-8,10,21H,9H2,1-2H3,(H2,19,25,26). The van der Waals surface area contributed by atoms with Crippen LogP contribution < -0.4 is 9.86 Å². The van der Waals surface area contributed by atoms with Gasteiger partial charge in [0.05, 0.1) is 17.2 Å². The molecule has 27 heavy (non-hydrogen) atoms. The van der Waals surface area contributed by atoms with E-state index in [1.807, 2.05) is 28.7 Å². The highest BCUT2D eigenvalue weighted by Gasteiger charge is 2.13. The van der Waals surface area contributed by atoms with Gasteiger partial charge in [-0.1, -0.05) is 24.3 Å². The molecule has 9 heteroatoms. The Morgan fingerprint density at radius 1 is 1.07 bits per heavy atom. The van der Waals surface area contributed by atoms with E-state index in [-0.39, 0.29) is 6.54 Å². The maximum atomic E-state index is 11.0. The van der Waals surface area contributed by atoms with E-state index in [2.05, 4.69) is 45.9 Å². The zero-order valence-electron chi connectivity index (χ0n) is 14.8. The van der Waals surface area contributed by atoms with Crippen molar-refractivity contribution < 1.29 is 8.42 Å². The topological polar surface area (TPSA) is 115 Å². The lowest BCUT2D eigenvalue weighted by molar-refractivity contribution is 0.583. The van der Waals surface area contributed by atoms with Crippen LogP contribution in [-0.2, 0) is 16.8 Å². The van der Waals surface area contributed by atoms with Gasteiger partial charge in [-0.3, -0.25) is 9.38 Å². The number of hydrogen-bond donors (Lipinski definition) is 2. The van der Waals surface area contributed by atoms with Gasteiger partial charge in [0, 0.05) is 12.1 Å². The fourth-order valence-corrected chi connectivity index (χ4v) is 3.32. The van der Waals surface area contributed by atoms with Crippen molar-refractivity contribution in [2.24, 2.45) is 5.14 Å². The fraction of sp³-hybridized carbons (Fsp3) is 0.167. The molecule has 0 saturated carbocycles. The van der Waals surface area contributed by atoms with Gasteiger partial charge in [0.25, 0.3) is 10.2 Å². The van der Waals surface area contributed by atoms with E-state index >= 15 is 0 Å². The Bertz CT molecular complexity index is 1260. The summed E-state index contributed by atoms with van der Waals surface area (Å²) in [6, 6.07) is 11.5. The summed E-state index contributed by atoms with van der Waals surface area (Å²) < 4.78 is 26.3. The van der Waals surface area contributed by atoms with Gasteiger partial charge in [-0.25, -0.2) is 5.14 Å². The van der Waals surface area contributed by atoms with Gasteiger partial charge < -0.3 is 0 Å². The second-order valence-electron chi connectivity index (χ2n) is 6.46. The number of aryl methyl sites for hydroxylation is 2. The van der Waals surface area contributed by atoms with E-state index in [0.29, 0.717) is 11.5 Å². The second kappa shape index (κ2) is 6.38. The van der Waals surface area contributed by atoms with E-state index in [4.69, 9.17) is 5.14 Å². The molecule has 0 spiro atoms. The summed E-state index contributed by atoms with van der Waals surface area (Å²) in [5.74, 6) is 0.701. The maximum Gasteiger partial charge on any atom is 0.274 e. The Kier molecular flexibility index (Phi) is 4.14. The molecule has 0 unspecified atom stereocenters. The largest absolute Gasteiger partial charge is 0.274 e. The van der Waals surface area contributed by atoms with Gasteiger partial charge in [-0.05, 0) is 42.7 Å². The minimum absolute atomic E-state index is 0.130. The highest BCUT2D eigenvalue weighted by Crippen LogP contribution is 2.25. The van der Waals surface area contributed by atoms with Crippen LogP contribution in [0.4, 0.5) is 0 Å². The van der Waals surface area contributed by atoms with E-state index < -0.39 is 10.2 Å². The molecule has 0 radical (unpaired) electrons. The number of nitrogens with one attached hydrogen (secondary N) is 1. The predicted octanol–water partition coefficient (Wildman–Crippen LogP) is 1.85. The van der Waals surface area contributed by atoms with Crippen LogP contribution in [0.2, 0.25) is 0 Å². The average Bonchev–Trinajstić information content (AvgIpc) is 3.05. The summed E-state index contributed by atoms with van der Waals surface area (Å²) >= 11 is 0. The van der Waals surface area contributed by atoms with Crippen LogP contribution in [0.25, 0.3) is 28.1 Å². The summed E-state index contributed by atoms with van der Waals surface area (Å²) in [5.41, 5.74) is 6.49. The predicted molar refractivity (Wildman–Crippen MR) is 103 cm³/mol. The third-order valence-electron chi connectivity index (χ3n) is 4.53. The van der Waals surface area contributed by atoms with Crippen molar-refractivity contribution in [3.05, 3.63) is 59.3 Å². The third-order valence-corrected chi connectivity index (χ3v) is 5.08. The molecule has 0 atom stereocenters. The minimum atomic E-state index is -3.72. The molecule has 2 heterocycles. The number of nitrogens with zero attached hydrogens (tertiary/aromatic N) is 4. The molecule has 8 nitrogen and oxygen atoms in total. The Balaban J connectivity index is 1.80. The van der Waals surface area contributed by atoms with Crippen molar-refractivity contribution >= 4 is 26.9 Å². The van der Waals surface area contributed by atoms with Crippen molar-refractivity contribution in [3.63, 3.8) is 0 Å². The lowest BCUT2D eigenvalue weighted by Crippen LogP contribution is -2.30. The van der Waals surface area contributed by atoms with Crippen molar-refractivity contribution in [1.29, 1.82) is 0 Å². The van der Waals surface area contributed by atoms with Crippen LogP contribution >= 0.6 is 0 Å². The molecule has 0 saturated heterocycles. The van der Waals surface area contributed by atoms with E-state index in [1.165, 1.54) is 11.1 Å².